The lowest BCUT2D eigenvalue weighted by Crippen LogP contribution is -2.12. The Kier molecular flexibility index (Phi) is 13.1. The van der Waals surface area contributed by atoms with Gasteiger partial charge in [-0.05, 0) is 24.6 Å². The third-order valence-corrected chi connectivity index (χ3v) is 8.65. The van der Waals surface area contributed by atoms with Gasteiger partial charge in [-0.15, -0.1) is 0 Å². The molecule has 0 amide bonds. The normalized spacial score (nSPS) is 12.5. The minimum atomic E-state index is -4.37. The number of fused-ring (bicyclic) bond motifs is 1. The van der Waals surface area contributed by atoms with Crippen LogP contribution in [0.5, 0.6) is 0 Å². The molecular weight excluding hydrogens is 508 g/mol. The second-order valence-corrected chi connectivity index (χ2v) is 13.1. The highest BCUT2D eigenvalue weighted by Gasteiger charge is 2.17. The van der Waals surface area contributed by atoms with E-state index < -0.39 is 26.0 Å². The van der Waals surface area contributed by atoms with Crippen LogP contribution in [0.3, 0.4) is 0 Å². The topological polar surface area (TPSA) is 127 Å². The van der Waals surface area contributed by atoms with E-state index in [1.807, 2.05) is 0 Å². The molecular formula is C24H40N2O6S3. The van der Waals surface area contributed by atoms with Crippen molar-refractivity contribution in [1.29, 1.82) is 0 Å². The summed E-state index contributed by atoms with van der Waals surface area (Å²) >= 11 is 1.48. The van der Waals surface area contributed by atoms with Crippen molar-refractivity contribution in [2.75, 3.05) is 11.5 Å². The maximum absolute atomic E-state index is 11.4. The lowest BCUT2D eigenvalue weighted by molar-refractivity contribution is 0.477. The monoisotopic (exact) mass is 548 g/mol. The molecule has 2 rings (SSSR count). The van der Waals surface area contributed by atoms with E-state index in [9.17, 15) is 21.4 Å². The molecule has 35 heavy (non-hydrogen) atoms. The highest BCUT2D eigenvalue weighted by atomic mass is 32.2. The molecule has 0 spiro atoms. The Morgan fingerprint density at radius 2 is 1.37 bits per heavy atom. The number of aryl methyl sites for hydroxylation is 1. The Morgan fingerprint density at radius 1 is 0.829 bits per heavy atom. The summed E-state index contributed by atoms with van der Waals surface area (Å²) in [7, 11) is -8.53. The third-order valence-electron chi connectivity index (χ3n) is 6.03. The molecule has 0 bridgehead atoms. The van der Waals surface area contributed by atoms with Gasteiger partial charge in [0.05, 0.1) is 21.7 Å². The van der Waals surface area contributed by atoms with Crippen LogP contribution in [-0.4, -0.2) is 47.0 Å². The van der Waals surface area contributed by atoms with Crippen LogP contribution < -0.4 is 0 Å². The Balaban J connectivity index is 1.77. The summed E-state index contributed by atoms with van der Waals surface area (Å²) in [6, 6.07) is 4.01. The van der Waals surface area contributed by atoms with Gasteiger partial charge in [-0.3, -0.25) is 9.11 Å². The highest BCUT2D eigenvalue weighted by Crippen LogP contribution is 2.27. The average Bonchev–Trinajstić information content (AvgIpc) is 3.13. The van der Waals surface area contributed by atoms with E-state index >= 15 is 0 Å². The van der Waals surface area contributed by atoms with E-state index in [1.54, 1.807) is 4.57 Å². The van der Waals surface area contributed by atoms with Crippen LogP contribution >= 0.6 is 11.8 Å². The Labute approximate surface area is 214 Å². The van der Waals surface area contributed by atoms with E-state index in [1.165, 1.54) is 101 Å². The van der Waals surface area contributed by atoms with Crippen molar-refractivity contribution in [3.05, 3.63) is 18.2 Å². The number of unbranched alkanes of at least 4 members (excludes halogenated alkanes) is 12. The predicted molar refractivity (Wildman–Crippen MR) is 142 cm³/mol. The zero-order valence-corrected chi connectivity index (χ0v) is 23.1. The molecule has 0 fully saturated rings. The molecule has 0 atom stereocenters. The summed E-state index contributed by atoms with van der Waals surface area (Å²) in [4.78, 5) is 4.19. The number of hydrogen-bond acceptors (Lipinski definition) is 6. The summed E-state index contributed by atoms with van der Waals surface area (Å²) in [5, 5.41) is 0.565. The molecule has 0 radical (unpaired) electrons. The molecule has 1 heterocycles. The van der Waals surface area contributed by atoms with E-state index in [-0.39, 0.29) is 11.4 Å². The van der Waals surface area contributed by atoms with Crippen molar-refractivity contribution in [2.24, 2.45) is 0 Å². The fraction of sp³-hybridized carbons (Fsp3) is 0.708. The Morgan fingerprint density at radius 3 is 1.89 bits per heavy atom. The molecule has 0 saturated heterocycles. The van der Waals surface area contributed by atoms with Gasteiger partial charge in [0.2, 0.25) is 0 Å². The summed E-state index contributed by atoms with van der Waals surface area (Å²) in [5.41, 5.74) is 0.900. The van der Waals surface area contributed by atoms with Gasteiger partial charge in [-0.2, -0.15) is 16.8 Å². The smallest absolute Gasteiger partial charge is 0.294 e. The average molecular weight is 549 g/mol. The molecule has 8 nitrogen and oxygen atoms in total. The second kappa shape index (κ2) is 15.2. The molecule has 200 valence electrons. The van der Waals surface area contributed by atoms with E-state index in [0.29, 0.717) is 16.2 Å². The van der Waals surface area contributed by atoms with Crippen LogP contribution in [0.1, 0.15) is 90.4 Å². The van der Waals surface area contributed by atoms with Gasteiger partial charge >= 0.3 is 0 Å². The van der Waals surface area contributed by atoms with Crippen LogP contribution in [0.2, 0.25) is 0 Å². The van der Waals surface area contributed by atoms with E-state index in [4.69, 9.17) is 4.55 Å². The summed E-state index contributed by atoms with van der Waals surface area (Å²) < 4.78 is 65.5. The summed E-state index contributed by atoms with van der Waals surface area (Å²) in [6.07, 6.45) is 16.6. The van der Waals surface area contributed by atoms with Crippen LogP contribution in [0, 0.1) is 0 Å². The van der Waals surface area contributed by atoms with Crippen LogP contribution in [0.15, 0.2) is 28.3 Å². The first kappa shape index (κ1) is 30.1. The quantitative estimate of drug-likeness (QED) is 0.118. The minimum absolute atomic E-state index is 0.00148. The first-order valence-electron chi connectivity index (χ1n) is 12.7. The zero-order chi connectivity index (χ0) is 25.7. The molecule has 1 aromatic heterocycles. The molecule has 2 N–H and O–H groups in total. The number of benzene rings is 1. The number of imidazole rings is 1. The van der Waals surface area contributed by atoms with Gasteiger partial charge in [0, 0.05) is 12.3 Å². The predicted octanol–water partition coefficient (Wildman–Crippen LogP) is 6.35. The molecule has 0 aliphatic rings. The van der Waals surface area contributed by atoms with Gasteiger partial charge in [0.25, 0.3) is 20.2 Å². The Hall–Kier alpha value is -1.14. The van der Waals surface area contributed by atoms with Crippen molar-refractivity contribution >= 4 is 43.0 Å². The lowest BCUT2D eigenvalue weighted by Gasteiger charge is -2.08. The minimum Gasteiger partial charge on any atom is -0.318 e. The van der Waals surface area contributed by atoms with Gasteiger partial charge < -0.3 is 4.57 Å². The molecule has 0 saturated carbocycles. The van der Waals surface area contributed by atoms with E-state index in [2.05, 4.69) is 11.9 Å². The molecule has 0 unspecified atom stereocenters. The molecule has 2 aromatic rings. The number of nitrogens with zero attached hydrogens (tertiary/aromatic N) is 2. The highest BCUT2D eigenvalue weighted by molar-refractivity contribution is 7.99. The second-order valence-electron chi connectivity index (χ2n) is 9.05. The van der Waals surface area contributed by atoms with Gasteiger partial charge in [0.15, 0.2) is 5.16 Å². The van der Waals surface area contributed by atoms with Crippen LogP contribution in [0.25, 0.3) is 11.0 Å². The molecule has 0 aliphatic heterocycles. The molecule has 11 heteroatoms. The SMILES string of the molecule is CCCCCCCCCCCCCCCSc1nc2cc(S(=O)(=O)O)ccc2n1CCS(=O)(=O)O. The van der Waals surface area contributed by atoms with Gasteiger partial charge in [0.1, 0.15) is 0 Å². The van der Waals surface area contributed by atoms with Crippen molar-refractivity contribution < 1.29 is 25.9 Å². The number of thioether (sulfide) groups is 1. The fourth-order valence-electron chi connectivity index (χ4n) is 4.06. The number of hydrogen-bond donors (Lipinski definition) is 2. The van der Waals surface area contributed by atoms with Gasteiger partial charge in [-0.25, -0.2) is 4.98 Å². The van der Waals surface area contributed by atoms with E-state index in [0.717, 1.165) is 18.6 Å². The maximum Gasteiger partial charge on any atom is 0.294 e. The zero-order valence-electron chi connectivity index (χ0n) is 20.7. The summed E-state index contributed by atoms with van der Waals surface area (Å²) in [6.45, 7) is 2.24. The number of aromatic nitrogens is 2. The molecule has 0 aliphatic carbocycles. The van der Waals surface area contributed by atoms with Crippen LogP contribution in [-0.2, 0) is 26.8 Å². The van der Waals surface area contributed by atoms with Crippen molar-refractivity contribution in [3.8, 4) is 0 Å². The van der Waals surface area contributed by atoms with Crippen molar-refractivity contribution in [3.63, 3.8) is 0 Å². The fourth-order valence-corrected chi connectivity index (χ4v) is 6.02. The first-order valence-corrected chi connectivity index (χ1v) is 16.7. The lowest BCUT2D eigenvalue weighted by atomic mass is 10.1. The van der Waals surface area contributed by atoms with Gasteiger partial charge in [-0.1, -0.05) is 95.7 Å². The van der Waals surface area contributed by atoms with Crippen molar-refractivity contribution in [1.82, 2.24) is 9.55 Å². The molecule has 1 aromatic carbocycles. The number of rotatable bonds is 19. The van der Waals surface area contributed by atoms with Crippen molar-refractivity contribution in [2.45, 2.75) is 107 Å². The maximum atomic E-state index is 11.4. The largest absolute Gasteiger partial charge is 0.318 e. The van der Waals surface area contributed by atoms with Crippen LogP contribution in [0.4, 0.5) is 0 Å². The Bertz CT molecular complexity index is 1110. The third kappa shape index (κ3) is 11.6. The first-order chi connectivity index (χ1) is 16.6. The standard InChI is InChI=1S/C24H40N2O6S3/c1-2-3-4-5-6-7-8-9-10-11-12-13-14-18-33-24-25-22-20-21(35(30,31)32)15-16-23(22)26(24)17-19-34(27,28)29/h15-16,20H,2-14,17-19H2,1H3,(H,27,28,29)(H,30,31,32). The summed E-state index contributed by atoms with van der Waals surface area (Å²) in [5.74, 6) is 0.336.